The molecule has 1 aromatic carbocycles. The molecule has 0 aliphatic carbocycles. The average Bonchev–Trinajstić information content (AvgIpc) is 2.47. The van der Waals surface area contributed by atoms with E-state index in [0.717, 1.165) is 17.9 Å². The zero-order chi connectivity index (χ0) is 15.9. The average molecular weight is 319 g/mol. The van der Waals surface area contributed by atoms with Gasteiger partial charge in [0, 0.05) is 30.0 Å². The van der Waals surface area contributed by atoms with E-state index in [1.54, 1.807) is 24.5 Å². The molecule has 1 heterocycles. The lowest BCUT2D eigenvalue weighted by molar-refractivity contribution is 0.0950. The van der Waals surface area contributed by atoms with Crippen molar-refractivity contribution in [1.29, 1.82) is 0 Å². The van der Waals surface area contributed by atoms with Gasteiger partial charge in [0.25, 0.3) is 5.91 Å². The van der Waals surface area contributed by atoms with E-state index in [2.05, 4.69) is 15.6 Å². The number of halogens is 1. The number of hydrogen-bond donors (Lipinski definition) is 2. The number of rotatable bonds is 6. The van der Waals surface area contributed by atoms with Gasteiger partial charge in [0.2, 0.25) is 0 Å². The van der Waals surface area contributed by atoms with Crippen LogP contribution in [0, 0.1) is 0 Å². The predicted octanol–water partition coefficient (Wildman–Crippen LogP) is 2.77. The lowest BCUT2D eigenvalue weighted by atomic mass is 10.2. The summed E-state index contributed by atoms with van der Waals surface area (Å²) in [7, 11) is 3.92. The molecule has 0 atom stereocenters. The highest BCUT2D eigenvalue weighted by Gasteiger charge is 2.07. The van der Waals surface area contributed by atoms with E-state index in [1.165, 1.54) is 0 Å². The number of nitrogens with zero attached hydrogens (tertiary/aromatic N) is 2. The Morgan fingerprint density at radius 3 is 2.77 bits per heavy atom. The number of pyridine rings is 1. The van der Waals surface area contributed by atoms with E-state index in [-0.39, 0.29) is 5.91 Å². The molecule has 1 aromatic heterocycles. The lowest BCUT2D eigenvalue weighted by Gasteiger charge is -2.11. The van der Waals surface area contributed by atoms with E-state index in [1.807, 2.05) is 37.2 Å². The Kier molecular flexibility index (Phi) is 5.75. The number of benzene rings is 1. The van der Waals surface area contributed by atoms with Gasteiger partial charge in [0.15, 0.2) is 0 Å². The van der Waals surface area contributed by atoms with Crippen LogP contribution in [0.2, 0.25) is 5.02 Å². The number of likely N-dealkylation sites (N-methyl/N-ethyl adjacent to an activating group) is 1. The Hall–Kier alpha value is -2.11. The van der Waals surface area contributed by atoms with Gasteiger partial charge in [-0.1, -0.05) is 17.7 Å². The standard InChI is InChI=1S/C16H19ClN4O/c1-21(2)7-6-19-16(22)12-8-15(11-18-10-12)20-14-5-3-4-13(17)9-14/h3-5,8-11,20H,6-7H2,1-2H3,(H,19,22). The zero-order valence-corrected chi connectivity index (χ0v) is 13.4. The minimum Gasteiger partial charge on any atom is -0.354 e. The number of carbonyl (C=O) groups excluding carboxylic acids is 1. The molecule has 0 radical (unpaired) electrons. The molecule has 6 heteroatoms. The number of carbonyl (C=O) groups is 1. The molecule has 0 saturated carbocycles. The number of aromatic nitrogens is 1. The Labute approximate surface area is 135 Å². The molecule has 22 heavy (non-hydrogen) atoms. The first-order chi connectivity index (χ1) is 10.5. The minimum atomic E-state index is -0.135. The van der Waals surface area contributed by atoms with E-state index in [9.17, 15) is 4.79 Å². The third-order valence-electron chi connectivity index (χ3n) is 2.96. The van der Waals surface area contributed by atoms with Gasteiger partial charge >= 0.3 is 0 Å². The largest absolute Gasteiger partial charge is 0.354 e. The molecule has 0 unspecified atom stereocenters. The number of anilines is 2. The highest BCUT2D eigenvalue weighted by molar-refractivity contribution is 6.30. The fourth-order valence-electron chi connectivity index (χ4n) is 1.86. The molecule has 2 aromatic rings. The first-order valence-electron chi connectivity index (χ1n) is 6.95. The summed E-state index contributed by atoms with van der Waals surface area (Å²) in [5.41, 5.74) is 2.10. The van der Waals surface area contributed by atoms with Crippen LogP contribution in [0.4, 0.5) is 11.4 Å². The third-order valence-corrected chi connectivity index (χ3v) is 3.19. The zero-order valence-electron chi connectivity index (χ0n) is 12.6. The second kappa shape index (κ2) is 7.77. The first kappa shape index (κ1) is 16.3. The fourth-order valence-corrected chi connectivity index (χ4v) is 2.05. The van der Waals surface area contributed by atoms with Crippen molar-refractivity contribution in [2.75, 3.05) is 32.5 Å². The van der Waals surface area contributed by atoms with Crippen molar-refractivity contribution in [3.8, 4) is 0 Å². The van der Waals surface area contributed by atoms with Crippen molar-refractivity contribution in [1.82, 2.24) is 15.2 Å². The van der Waals surface area contributed by atoms with E-state index >= 15 is 0 Å². The summed E-state index contributed by atoms with van der Waals surface area (Å²) in [5.74, 6) is -0.135. The van der Waals surface area contributed by atoms with Gasteiger partial charge in [-0.05, 0) is 38.4 Å². The van der Waals surface area contributed by atoms with Crippen LogP contribution in [0.5, 0.6) is 0 Å². The van der Waals surface area contributed by atoms with Gasteiger partial charge in [-0.15, -0.1) is 0 Å². The predicted molar refractivity (Wildman–Crippen MR) is 89.9 cm³/mol. The maximum atomic E-state index is 12.1. The SMILES string of the molecule is CN(C)CCNC(=O)c1cncc(Nc2cccc(Cl)c2)c1. The van der Waals surface area contributed by atoms with Crippen molar-refractivity contribution >= 4 is 28.9 Å². The summed E-state index contributed by atoms with van der Waals surface area (Å²) in [6.07, 6.45) is 3.21. The van der Waals surface area contributed by atoms with Gasteiger partial charge in [-0.25, -0.2) is 0 Å². The second-order valence-corrected chi connectivity index (χ2v) is 5.59. The number of nitrogens with one attached hydrogen (secondary N) is 2. The Balaban J connectivity index is 2.01. The smallest absolute Gasteiger partial charge is 0.252 e. The van der Waals surface area contributed by atoms with Crippen molar-refractivity contribution in [3.05, 3.63) is 53.3 Å². The summed E-state index contributed by atoms with van der Waals surface area (Å²) in [6.45, 7) is 1.39. The molecule has 1 amide bonds. The second-order valence-electron chi connectivity index (χ2n) is 5.16. The van der Waals surface area contributed by atoms with Gasteiger partial charge in [-0.3, -0.25) is 9.78 Å². The normalized spacial score (nSPS) is 10.5. The topological polar surface area (TPSA) is 57.3 Å². The summed E-state index contributed by atoms with van der Waals surface area (Å²) in [5, 5.41) is 6.69. The number of hydrogen-bond acceptors (Lipinski definition) is 4. The summed E-state index contributed by atoms with van der Waals surface area (Å²) in [4.78, 5) is 18.2. The van der Waals surface area contributed by atoms with Crippen LogP contribution in [-0.2, 0) is 0 Å². The van der Waals surface area contributed by atoms with Crippen molar-refractivity contribution in [2.45, 2.75) is 0 Å². The quantitative estimate of drug-likeness (QED) is 0.860. The van der Waals surface area contributed by atoms with Crippen molar-refractivity contribution in [2.24, 2.45) is 0 Å². The van der Waals surface area contributed by atoms with Crippen LogP contribution in [0.3, 0.4) is 0 Å². The molecule has 0 spiro atoms. The van der Waals surface area contributed by atoms with Gasteiger partial charge < -0.3 is 15.5 Å². The van der Waals surface area contributed by atoms with Crippen LogP contribution in [0.15, 0.2) is 42.7 Å². The molecule has 2 rings (SSSR count). The fraction of sp³-hybridized carbons (Fsp3) is 0.250. The van der Waals surface area contributed by atoms with E-state index in [4.69, 9.17) is 11.6 Å². The highest BCUT2D eigenvalue weighted by Crippen LogP contribution is 2.20. The summed E-state index contributed by atoms with van der Waals surface area (Å²) < 4.78 is 0. The van der Waals surface area contributed by atoms with Gasteiger partial charge in [0.05, 0.1) is 17.4 Å². The molecule has 0 bridgehead atoms. The third kappa shape index (κ3) is 5.02. The minimum absolute atomic E-state index is 0.135. The van der Waals surface area contributed by atoms with Crippen LogP contribution < -0.4 is 10.6 Å². The summed E-state index contributed by atoms with van der Waals surface area (Å²) >= 11 is 5.95. The lowest BCUT2D eigenvalue weighted by Crippen LogP contribution is -2.31. The number of amides is 1. The van der Waals surface area contributed by atoms with Crippen molar-refractivity contribution in [3.63, 3.8) is 0 Å². The van der Waals surface area contributed by atoms with Crippen LogP contribution in [0.25, 0.3) is 0 Å². The molecule has 0 aliphatic rings. The Morgan fingerprint density at radius 1 is 1.23 bits per heavy atom. The van der Waals surface area contributed by atoms with Gasteiger partial charge in [0.1, 0.15) is 0 Å². The molecular formula is C16H19ClN4O. The molecule has 116 valence electrons. The van der Waals surface area contributed by atoms with Gasteiger partial charge in [-0.2, -0.15) is 0 Å². The molecule has 0 aliphatic heterocycles. The van der Waals surface area contributed by atoms with Crippen molar-refractivity contribution < 1.29 is 4.79 Å². The molecule has 0 saturated heterocycles. The van der Waals surface area contributed by atoms with E-state index < -0.39 is 0 Å². The van der Waals surface area contributed by atoms with Crippen LogP contribution in [0.1, 0.15) is 10.4 Å². The molecule has 2 N–H and O–H groups in total. The molecule has 5 nitrogen and oxygen atoms in total. The Bertz CT molecular complexity index is 646. The maximum Gasteiger partial charge on any atom is 0.252 e. The monoisotopic (exact) mass is 318 g/mol. The first-order valence-corrected chi connectivity index (χ1v) is 7.33. The van der Waals surface area contributed by atoms with E-state index in [0.29, 0.717) is 17.1 Å². The highest BCUT2D eigenvalue weighted by atomic mass is 35.5. The molecule has 0 fully saturated rings. The summed E-state index contributed by atoms with van der Waals surface area (Å²) in [6, 6.07) is 9.13. The Morgan fingerprint density at radius 2 is 2.05 bits per heavy atom. The molecular weight excluding hydrogens is 300 g/mol. The van der Waals surface area contributed by atoms with Crippen LogP contribution in [-0.4, -0.2) is 43.0 Å². The maximum absolute atomic E-state index is 12.1. The van der Waals surface area contributed by atoms with Crippen LogP contribution >= 0.6 is 11.6 Å².